The van der Waals surface area contributed by atoms with Crippen molar-refractivity contribution in [3.8, 4) is 0 Å². The minimum Gasteiger partial charge on any atom is -0.466 e. The van der Waals surface area contributed by atoms with Crippen LogP contribution in [0.1, 0.15) is 72.1 Å². The van der Waals surface area contributed by atoms with Crippen LogP contribution in [-0.4, -0.2) is 37.1 Å². The Hall–Kier alpha value is -0.570. The van der Waals surface area contributed by atoms with Crippen molar-refractivity contribution in [1.82, 2.24) is 4.90 Å². The molecule has 0 amide bonds. The Morgan fingerprint density at radius 3 is 1.95 bits per heavy atom. The summed E-state index contributed by atoms with van der Waals surface area (Å²) in [5.74, 6) is -0.0451. The summed E-state index contributed by atoms with van der Waals surface area (Å²) in [4.78, 5) is 13.8. The van der Waals surface area contributed by atoms with Crippen molar-refractivity contribution in [2.45, 2.75) is 72.1 Å². The van der Waals surface area contributed by atoms with Crippen LogP contribution >= 0.6 is 0 Å². The van der Waals surface area contributed by atoms with Gasteiger partial charge in [-0.2, -0.15) is 0 Å². The molecule has 0 aliphatic carbocycles. The van der Waals surface area contributed by atoms with Crippen LogP contribution in [0.2, 0.25) is 0 Å². The molecular formula is C16H33NO2. The van der Waals surface area contributed by atoms with E-state index >= 15 is 0 Å². The normalized spacial score (nSPS) is 10.9. The molecular weight excluding hydrogens is 238 g/mol. The Morgan fingerprint density at radius 2 is 1.42 bits per heavy atom. The van der Waals surface area contributed by atoms with Gasteiger partial charge in [0.15, 0.2) is 0 Å². The molecule has 19 heavy (non-hydrogen) atoms. The molecule has 0 saturated carbocycles. The van der Waals surface area contributed by atoms with Gasteiger partial charge >= 0.3 is 5.97 Å². The van der Waals surface area contributed by atoms with E-state index < -0.39 is 0 Å². The summed E-state index contributed by atoms with van der Waals surface area (Å²) in [7, 11) is 0. The Kier molecular flexibility index (Phi) is 13.4. The van der Waals surface area contributed by atoms with Gasteiger partial charge < -0.3 is 9.64 Å². The summed E-state index contributed by atoms with van der Waals surface area (Å²) in [6, 6.07) is 0. The third-order valence-corrected chi connectivity index (χ3v) is 3.32. The van der Waals surface area contributed by atoms with Crippen LogP contribution in [0.15, 0.2) is 0 Å². The SMILES string of the molecule is CCCCN(CCCC)CCCCCC(=O)OCC. The van der Waals surface area contributed by atoms with Gasteiger partial charge in [-0.1, -0.05) is 33.1 Å². The first-order valence-corrected chi connectivity index (χ1v) is 8.12. The predicted molar refractivity (Wildman–Crippen MR) is 81.4 cm³/mol. The summed E-state index contributed by atoms with van der Waals surface area (Å²) in [6.45, 7) is 10.5. The van der Waals surface area contributed by atoms with Gasteiger partial charge in [-0.25, -0.2) is 0 Å². The highest BCUT2D eigenvalue weighted by molar-refractivity contribution is 5.69. The highest BCUT2D eigenvalue weighted by atomic mass is 16.5. The zero-order valence-corrected chi connectivity index (χ0v) is 13.2. The summed E-state index contributed by atoms with van der Waals surface area (Å²) in [6.07, 6.45) is 9.02. The molecule has 0 heterocycles. The van der Waals surface area contributed by atoms with E-state index in [1.165, 1.54) is 51.7 Å². The molecule has 0 spiro atoms. The smallest absolute Gasteiger partial charge is 0.305 e. The number of ether oxygens (including phenoxy) is 1. The molecule has 0 aromatic carbocycles. The maximum atomic E-state index is 11.2. The van der Waals surface area contributed by atoms with Crippen LogP contribution in [0.3, 0.4) is 0 Å². The lowest BCUT2D eigenvalue weighted by Gasteiger charge is -2.21. The molecule has 3 heteroatoms. The first-order valence-electron chi connectivity index (χ1n) is 8.12. The van der Waals surface area contributed by atoms with E-state index in [1.807, 2.05) is 6.92 Å². The van der Waals surface area contributed by atoms with E-state index in [0.29, 0.717) is 13.0 Å². The van der Waals surface area contributed by atoms with Crippen LogP contribution < -0.4 is 0 Å². The maximum absolute atomic E-state index is 11.2. The average molecular weight is 271 g/mol. The number of esters is 1. The van der Waals surface area contributed by atoms with Gasteiger partial charge in [0.2, 0.25) is 0 Å². The minimum atomic E-state index is -0.0451. The molecule has 3 nitrogen and oxygen atoms in total. The molecule has 0 bridgehead atoms. The summed E-state index contributed by atoms with van der Waals surface area (Å²) in [5, 5.41) is 0. The van der Waals surface area contributed by atoms with Crippen molar-refractivity contribution in [2.75, 3.05) is 26.2 Å². The van der Waals surface area contributed by atoms with Gasteiger partial charge in [-0.05, 0) is 52.2 Å². The predicted octanol–water partition coefficient (Wildman–Crippen LogP) is 4.01. The van der Waals surface area contributed by atoms with E-state index in [2.05, 4.69) is 18.7 Å². The van der Waals surface area contributed by atoms with Crippen molar-refractivity contribution >= 4 is 5.97 Å². The van der Waals surface area contributed by atoms with E-state index in [0.717, 1.165) is 12.8 Å². The van der Waals surface area contributed by atoms with Gasteiger partial charge in [-0.3, -0.25) is 4.79 Å². The van der Waals surface area contributed by atoms with E-state index in [4.69, 9.17) is 4.74 Å². The number of hydrogen-bond donors (Lipinski definition) is 0. The standard InChI is InChI=1S/C16H33NO2/c1-4-7-13-17(14-8-5-2)15-11-9-10-12-16(18)19-6-3/h4-15H2,1-3H3. The molecule has 114 valence electrons. The Bertz CT molecular complexity index is 199. The summed E-state index contributed by atoms with van der Waals surface area (Å²) >= 11 is 0. The fourth-order valence-electron chi connectivity index (χ4n) is 2.11. The lowest BCUT2D eigenvalue weighted by atomic mass is 10.1. The van der Waals surface area contributed by atoms with Gasteiger partial charge in [0.1, 0.15) is 0 Å². The van der Waals surface area contributed by atoms with E-state index in [-0.39, 0.29) is 5.97 Å². The minimum absolute atomic E-state index is 0.0451. The molecule has 0 aromatic rings. The van der Waals surface area contributed by atoms with Crippen molar-refractivity contribution in [1.29, 1.82) is 0 Å². The average Bonchev–Trinajstić information content (AvgIpc) is 2.41. The summed E-state index contributed by atoms with van der Waals surface area (Å²) < 4.78 is 4.93. The van der Waals surface area contributed by atoms with Crippen molar-refractivity contribution in [3.63, 3.8) is 0 Å². The zero-order valence-electron chi connectivity index (χ0n) is 13.2. The van der Waals surface area contributed by atoms with Crippen LogP contribution in [0.25, 0.3) is 0 Å². The molecule has 0 rings (SSSR count). The molecule has 0 aromatic heterocycles. The monoisotopic (exact) mass is 271 g/mol. The number of carbonyl (C=O) groups excluding carboxylic acids is 1. The van der Waals surface area contributed by atoms with Crippen LogP contribution in [0.4, 0.5) is 0 Å². The zero-order chi connectivity index (χ0) is 14.3. The van der Waals surface area contributed by atoms with Gasteiger partial charge in [0.25, 0.3) is 0 Å². The third-order valence-electron chi connectivity index (χ3n) is 3.32. The topological polar surface area (TPSA) is 29.5 Å². The van der Waals surface area contributed by atoms with Crippen LogP contribution in [0, 0.1) is 0 Å². The highest BCUT2D eigenvalue weighted by Crippen LogP contribution is 2.05. The number of rotatable bonds is 13. The Labute approximate surface area is 119 Å². The quantitative estimate of drug-likeness (QED) is 0.374. The summed E-state index contributed by atoms with van der Waals surface area (Å²) in [5.41, 5.74) is 0. The van der Waals surface area contributed by atoms with Gasteiger partial charge in [0, 0.05) is 6.42 Å². The largest absolute Gasteiger partial charge is 0.466 e. The number of hydrogen-bond acceptors (Lipinski definition) is 3. The van der Waals surface area contributed by atoms with Crippen LogP contribution in [-0.2, 0) is 9.53 Å². The second-order valence-electron chi connectivity index (χ2n) is 5.16. The third kappa shape index (κ3) is 12.2. The lowest BCUT2D eigenvalue weighted by molar-refractivity contribution is -0.143. The Balaban J connectivity index is 3.58. The fourth-order valence-corrected chi connectivity index (χ4v) is 2.11. The highest BCUT2D eigenvalue weighted by Gasteiger charge is 2.05. The molecule has 0 aliphatic rings. The van der Waals surface area contributed by atoms with Crippen molar-refractivity contribution in [2.24, 2.45) is 0 Å². The Morgan fingerprint density at radius 1 is 0.842 bits per heavy atom. The molecule has 0 atom stereocenters. The molecule has 0 unspecified atom stereocenters. The first kappa shape index (κ1) is 18.4. The van der Waals surface area contributed by atoms with E-state index in [9.17, 15) is 4.79 Å². The van der Waals surface area contributed by atoms with Gasteiger partial charge in [0.05, 0.1) is 6.61 Å². The fraction of sp³-hybridized carbons (Fsp3) is 0.938. The van der Waals surface area contributed by atoms with Crippen molar-refractivity contribution in [3.05, 3.63) is 0 Å². The number of nitrogens with zero attached hydrogens (tertiary/aromatic N) is 1. The van der Waals surface area contributed by atoms with Gasteiger partial charge in [-0.15, -0.1) is 0 Å². The molecule has 0 saturated heterocycles. The maximum Gasteiger partial charge on any atom is 0.305 e. The number of unbranched alkanes of at least 4 members (excludes halogenated alkanes) is 4. The number of carbonyl (C=O) groups is 1. The second kappa shape index (κ2) is 13.9. The van der Waals surface area contributed by atoms with Crippen LogP contribution in [0.5, 0.6) is 0 Å². The second-order valence-corrected chi connectivity index (χ2v) is 5.16. The first-order chi connectivity index (χ1) is 9.24. The molecule has 0 fully saturated rings. The molecule has 0 radical (unpaired) electrons. The van der Waals surface area contributed by atoms with Crippen molar-refractivity contribution < 1.29 is 9.53 Å². The van der Waals surface area contributed by atoms with E-state index in [1.54, 1.807) is 0 Å². The lowest BCUT2D eigenvalue weighted by Crippen LogP contribution is -2.27. The molecule has 0 N–H and O–H groups in total. The molecule has 0 aliphatic heterocycles.